The molecule has 2 N–H and O–H groups in total. The molecule has 3 heteroatoms. The van der Waals surface area contributed by atoms with E-state index < -0.39 is 6.10 Å². The van der Waals surface area contributed by atoms with E-state index in [0.29, 0.717) is 18.8 Å². The minimum atomic E-state index is -0.411. The predicted molar refractivity (Wildman–Crippen MR) is 74.3 cm³/mol. The maximum atomic E-state index is 9.76. The van der Waals surface area contributed by atoms with Gasteiger partial charge in [-0.1, -0.05) is 36.4 Å². The standard InChI is InChI=1S/C16H18O3/c1-12(17)9-14-7-8-15(18)16(10-14)19-11-13-5-3-2-4-6-13/h2-8,10,12,17-18H,9,11H2,1H3. The first-order chi connectivity index (χ1) is 9.15. The SMILES string of the molecule is CC(O)Cc1ccc(O)c(OCc2ccccc2)c1. The van der Waals surface area contributed by atoms with Crippen LogP contribution in [-0.2, 0) is 13.0 Å². The van der Waals surface area contributed by atoms with E-state index in [4.69, 9.17) is 4.74 Å². The van der Waals surface area contributed by atoms with Crippen LogP contribution in [0.3, 0.4) is 0 Å². The summed E-state index contributed by atoms with van der Waals surface area (Å²) in [5, 5.41) is 19.1. The van der Waals surface area contributed by atoms with E-state index in [1.165, 1.54) is 0 Å². The third kappa shape index (κ3) is 4.00. The van der Waals surface area contributed by atoms with Gasteiger partial charge in [0.25, 0.3) is 0 Å². The Labute approximate surface area is 113 Å². The topological polar surface area (TPSA) is 49.7 Å². The van der Waals surface area contributed by atoms with Gasteiger partial charge in [-0.25, -0.2) is 0 Å². The molecule has 0 saturated heterocycles. The van der Waals surface area contributed by atoms with Gasteiger partial charge < -0.3 is 14.9 Å². The van der Waals surface area contributed by atoms with Crippen LogP contribution in [-0.4, -0.2) is 16.3 Å². The van der Waals surface area contributed by atoms with E-state index >= 15 is 0 Å². The second kappa shape index (κ2) is 6.25. The quantitative estimate of drug-likeness (QED) is 0.867. The van der Waals surface area contributed by atoms with Gasteiger partial charge in [-0.15, -0.1) is 0 Å². The summed E-state index contributed by atoms with van der Waals surface area (Å²) in [4.78, 5) is 0. The maximum Gasteiger partial charge on any atom is 0.161 e. The Kier molecular flexibility index (Phi) is 4.42. The fourth-order valence-electron chi connectivity index (χ4n) is 1.88. The normalized spacial score (nSPS) is 12.1. The molecule has 100 valence electrons. The highest BCUT2D eigenvalue weighted by Crippen LogP contribution is 2.28. The molecule has 0 heterocycles. The Hall–Kier alpha value is -2.00. The minimum Gasteiger partial charge on any atom is -0.504 e. The number of aromatic hydroxyl groups is 1. The van der Waals surface area contributed by atoms with E-state index in [2.05, 4.69) is 0 Å². The zero-order valence-electron chi connectivity index (χ0n) is 10.9. The zero-order valence-corrected chi connectivity index (χ0v) is 10.9. The van der Waals surface area contributed by atoms with E-state index in [1.54, 1.807) is 25.1 Å². The van der Waals surface area contributed by atoms with Gasteiger partial charge in [0.2, 0.25) is 0 Å². The molecule has 0 bridgehead atoms. The van der Waals surface area contributed by atoms with Crippen molar-refractivity contribution in [1.82, 2.24) is 0 Å². The van der Waals surface area contributed by atoms with Crippen LogP contribution in [0.4, 0.5) is 0 Å². The third-order valence-corrected chi connectivity index (χ3v) is 2.79. The molecule has 0 amide bonds. The molecule has 2 rings (SSSR count). The smallest absolute Gasteiger partial charge is 0.161 e. The highest BCUT2D eigenvalue weighted by Gasteiger charge is 2.06. The highest BCUT2D eigenvalue weighted by atomic mass is 16.5. The molecule has 0 spiro atoms. The summed E-state index contributed by atoms with van der Waals surface area (Å²) >= 11 is 0. The molecular weight excluding hydrogens is 240 g/mol. The van der Waals surface area contributed by atoms with E-state index in [9.17, 15) is 10.2 Å². The van der Waals surface area contributed by atoms with Gasteiger partial charge in [0.15, 0.2) is 11.5 Å². The van der Waals surface area contributed by atoms with E-state index in [1.807, 2.05) is 30.3 Å². The van der Waals surface area contributed by atoms with Crippen LogP contribution in [0.5, 0.6) is 11.5 Å². The van der Waals surface area contributed by atoms with E-state index in [0.717, 1.165) is 11.1 Å². The average molecular weight is 258 g/mol. The lowest BCUT2D eigenvalue weighted by atomic mass is 10.1. The Morgan fingerprint density at radius 3 is 2.47 bits per heavy atom. The van der Waals surface area contributed by atoms with E-state index in [-0.39, 0.29) is 5.75 Å². The number of hydrogen-bond donors (Lipinski definition) is 2. The fourth-order valence-corrected chi connectivity index (χ4v) is 1.88. The molecular formula is C16H18O3. The van der Waals surface area contributed by atoms with Crippen molar-refractivity contribution in [3.63, 3.8) is 0 Å². The van der Waals surface area contributed by atoms with Crippen molar-refractivity contribution in [1.29, 1.82) is 0 Å². The van der Waals surface area contributed by atoms with Crippen molar-refractivity contribution < 1.29 is 14.9 Å². The second-order valence-corrected chi connectivity index (χ2v) is 4.63. The number of aliphatic hydroxyl groups excluding tert-OH is 1. The van der Waals surface area contributed by atoms with Crippen LogP contribution >= 0.6 is 0 Å². The zero-order chi connectivity index (χ0) is 13.7. The number of rotatable bonds is 5. The largest absolute Gasteiger partial charge is 0.504 e. The van der Waals surface area contributed by atoms with Crippen molar-refractivity contribution in [2.45, 2.75) is 26.1 Å². The molecule has 1 unspecified atom stereocenters. The summed E-state index contributed by atoms with van der Waals surface area (Å²) < 4.78 is 5.61. The summed E-state index contributed by atoms with van der Waals surface area (Å²) in [7, 11) is 0. The van der Waals surface area contributed by atoms with Crippen molar-refractivity contribution >= 4 is 0 Å². The molecule has 0 aliphatic rings. The first-order valence-electron chi connectivity index (χ1n) is 6.32. The van der Waals surface area contributed by atoms with Crippen molar-refractivity contribution in [2.75, 3.05) is 0 Å². The molecule has 1 atom stereocenters. The number of ether oxygens (including phenoxy) is 1. The van der Waals surface area contributed by atoms with Gasteiger partial charge in [0.05, 0.1) is 6.10 Å². The Morgan fingerprint density at radius 2 is 1.79 bits per heavy atom. The monoisotopic (exact) mass is 258 g/mol. The van der Waals surface area contributed by atoms with Gasteiger partial charge in [-0.3, -0.25) is 0 Å². The molecule has 0 fully saturated rings. The van der Waals surface area contributed by atoms with Gasteiger partial charge in [0.1, 0.15) is 6.61 Å². The van der Waals surface area contributed by atoms with Gasteiger partial charge in [-0.2, -0.15) is 0 Å². The summed E-state index contributed by atoms with van der Waals surface area (Å²) in [5.74, 6) is 0.562. The number of hydrogen-bond acceptors (Lipinski definition) is 3. The molecule has 2 aromatic carbocycles. The van der Waals surface area contributed by atoms with Gasteiger partial charge >= 0.3 is 0 Å². The van der Waals surface area contributed by atoms with Crippen LogP contribution in [0, 0.1) is 0 Å². The minimum absolute atomic E-state index is 0.116. The number of phenolic OH excluding ortho intramolecular Hbond substituents is 1. The molecule has 3 nitrogen and oxygen atoms in total. The third-order valence-electron chi connectivity index (χ3n) is 2.79. The molecule has 19 heavy (non-hydrogen) atoms. The maximum absolute atomic E-state index is 9.76. The summed E-state index contributed by atoms with van der Waals surface area (Å²) in [6.45, 7) is 2.14. The highest BCUT2D eigenvalue weighted by molar-refractivity contribution is 5.42. The Bertz CT molecular complexity index is 521. The van der Waals surface area contributed by atoms with Crippen LogP contribution in [0.15, 0.2) is 48.5 Å². The summed E-state index contributed by atoms with van der Waals surface area (Å²) in [6, 6.07) is 14.9. The number of phenols is 1. The Morgan fingerprint density at radius 1 is 1.05 bits per heavy atom. The van der Waals surface area contributed by atoms with Crippen molar-refractivity contribution in [2.24, 2.45) is 0 Å². The lowest BCUT2D eigenvalue weighted by Crippen LogP contribution is -2.04. The Balaban J connectivity index is 2.06. The average Bonchev–Trinajstić information content (AvgIpc) is 2.40. The van der Waals surface area contributed by atoms with Gasteiger partial charge in [-0.05, 0) is 36.6 Å². The van der Waals surface area contributed by atoms with Crippen molar-refractivity contribution in [3.05, 3.63) is 59.7 Å². The van der Waals surface area contributed by atoms with Crippen LogP contribution in [0.1, 0.15) is 18.1 Å². The van der Waals surface area contributed by atoms with Gasteiger partial charge in [0, 0.05) is 0 Å². The molecule has 0 aromatic heterocycles. The lowest BCUT2D eigenvalue weighted by Gasteiger charge is -2.11. The van der Waals surface area contributed by atoms with Crippen LogP contribution in [0.2, 0.25) is 0 Å². The summed E-state index contributed by atoms with van der Waals surface area (Å²) in [6.07, 6.45) is 0.133. The van der Waals surface area contributed by atoms with Crippen molar-refractivity contribution in [3.8, 4) is 11.5 Å². The molecule has 0 radical (unpaired) electrons. The number of aliphatic hydroxyl groups is 1. The van der Waals surface area contributed by atoms with Crippen LogP contribution in [0.25, 0.3) is 0 Å². The number of benzene rings is 2. The first kappa shape index (κ1) is 13.4. The molecule has 0 aliphatic carbocycles. The molecule has 0 aliphatic heterocycles. The summed E-state index contributed by atoms with van der Waals surface area (Å²) in [5.41, 5.74) is 1.98. The first-order valence-corrected chi connectivity index (χ1v) is 6.32. The molecule has 0 saturated carbocycles. The van der Waals surface area contributed by atoms with Crippen LogP contribution < -0.4 is 4.74 Å². The lowest BCUT2D eigenvalue weighted by molar-refractivity contribution is 0.195. The molecule has 2 aromatic rings. The fraction of sp³-hybridized carbons (Fsp3) is 0.250. The second-order valence-electron chi connectivity index (χ2n) is 4.63. The predicted octanol–water partition coefficient (Wildman–Crippen LogP) is 2.89.